The second-order valence-electron chi connectivity index (χ2n) is 8.93. The molecule has 0 fully saturated rings. The van der Waals surface area contributed by atoms with Crippen LogP contribution in [0.2, 0.25) is 0 Å². The van der Waals surface area contributed by atoms with Crippen molar-refractivity contribution in [3.63, 3.8) is 0 Å². The Hall–Kier alpha value is -4.34. The van der Waals surface area contributed by atoms with Crippen molar-refractivity contribution in [3.05, 3.63) is 82.3 Å². The summed E-state index contributed by atoms with van der Waals surface area (Å²) in [6, 6.07) is 17.1. The summed E-state index contributed by atoms with van der Waals surface area (Å²) in [5, 5.41) is 5.08. The lowest BCUT2D eigenvalue weighted by Crippen LogP contribution is -2.47. The number of aromatic nitrogens is 2. The van der Waals surface area contributed by atoms with Crippen molar-refractivity contribution < 1.29 is 23.9 Å². The summed E-state index contributed by atoms with van der Waals surface area (Å²) >= 11 is 0. The molecule has 10 nitrogen and oxygen atoms in total. The quantitative estimate of drug-likeness (QED) is 0.428. The minimum atomic E-state index is -1.22. The highest BCUT2D eigenvalue weighted by Crippen LogP contribution is 2.15. The third-order valence-corrected chi connectivity index (χ3v) is 5.87. The Bertz CT molecular complexity index is 1300. The van der Waals surface area contributed by atoms with Crippen LogP contribution in [-0.4, -0.2) is 39.5 Å². The molecule has 37 heavy (non-hydrogen) atoms. The molecule has 0 aliphatic heterocycles. The summed E-state index contributed by atoms with van der Waals surface area (Å²) in [5.41, 5.74) is 1.64. The van der Waals surface area contributed by atoms with Gasteiger partial charge >= 0.3 is 12.1 Å². The third kappa shape index (κ3) is 6.66. The van der Waals surface area contributed by atoms with Crippen molar-refractivity contribution in [2.45, 2.75) is 46.4 Å². The highest BCUT2D eigenvalue weighted by atomic mass is 16.6. The molecule has 0 unspecified atom stereocenters. The molecule has 0 spiro atoms. The van der Waals surface area contributed by atoms with Crippen LogP contribution in [0.3, 0.4) is 0 Å². The molecule has 1 heterocycles. The van der Waals surface area contributed by atoms with Gasteiger partial charge in [0.15, 0.2) is 6.10 Å². The number of hydrogen-bond donors (Lipinski definition) is 2. The van der Waals surface area contributed by atoms with E-state index in [9.17, 15) is 19.2 Å². The first-order chi connectivity index (χ1) is 17.6. The normalized spacial score (nSPS) is 12.5. The lowest BCUT2D eigenvalue weighted by Gasteiger charge is -2.22. The summed E-state index contributed by atoms with van der Waals surface area (Å²) in [4.78, 5) is 50.9. The van der Waals surface area contributed by atoms with Gasteiger partial charge in [0.05, 0.1) is 11.4 Å². The molecule has 2 aromatic carbocycles. The number of hydrogen-bond acceptors (Lipinski definition) is 6. The van der Waals surface area contributed by atoms with Crippen molar-refractivity contribution in [1.82, 2.24) is 14.7 Å². The van der Waals surface area contributed by atoms with Gasteiger partial charge in [0, 0.05) is 7.05 Å². The van der Waals surface area contributed by atoms with Crippen LogP contribution in [0, 0.1) is 12.8 Å². The fraction of sp³-hybridized carbons (Fsp3) is 0.333. The van der Waals surface area contributed by atoms with Crippen molar-refractivity contribution in [2.24, 2.45) is 13.0 Å². The number of nitrogens with one attached hydrogen (secondary N) is 2. The molecule has 0 saturated carbocycles. The topological polar surface area (TPSA) is 121 Å². The van der Waals surface area contributed by atoms with E-state index in [0.29, 0.717) is 11.4 Å². The Morgan fingerprint density at radius 3 is 2.14 bits per heavy atom. The summed E-state index contributed by atoms with van der Waals surface area (Å²) in [7, 11) is 1.71. The highest BCUT2D eigenvalue weighted by Gasteiger charge is 2.30. The summed E-state index contributed by atoms with van der Waals surface area (Å²) in [5.74, 6) is -1.80. The van der Waals surface area contributed by atoms with E-state index in [1.165, 1.54) is 11.6 Å². The molecule has 10 heteroatoms. The van der Waals surface area contributed by atoms with Gasteiger partial charge in [-0.3, -0.25) is 14.3 Å². The van der Waals surface area contributed by atoms with Crippen molar-refractivity contribution in [2.75, 3.05) is 5.32 Å². The number of benzene rings is 2. The molecular weight excluding hydrogens is 476 g/mol. The number of ether oxygens (including phenoxy) is 2. The Kier molecular flexibility index (Phi) is 8.89. The number of nitrogens with zero attached hydrogens (tertiary/aromatic N) is 2. The van der Waals surface area contributed by atoms with Crippen LogP contribution in [0.4, 0.5) is 10.5 Å². The van der Waals surface area contributed by atoms with Gasteiger partial charge < -0.3 is 20.1 Å². The van der Waals surface area contributed by atoms with Crippen LogP contribution in [0.25, 0.3) is 5.69 Å². The molecule has 1 aromatic heterocycles. The average Bonchev–Trinajstić information content (AvgIpc) is 3.09. The largest absolute Gasteiger partial charge is 0.451 e. The Morgan fingerprint density at radius 2 is 1.54 bits per heavy atom. The molecule has 2 amide bonds. The smallest absolute Gasteiger partial charge is 0.408 e. The molecule has 196 valence electrons. The summed E-state index contributed by atoms with van der Waals surface area (Å²) in [6.45, 7) is 6.60. The fourth-order valence-corrected chi connectivity index (χ4v) is 3.63. The van der Waals surface area contributed by atoms with Crippen LogP contribution >= 0.6 is 0 Å². The number of para-hydroxylation sites is 1. The maximum absolute atomic E-state index is 13.0. The molecule has 0 aliphatic rings. The van der Waals surface area contributed by atoms with Gasteiger partial charge in [0.2, 0.25) is 0 Å². The molecule has 3 aromatic rings. The van der Waals surface area contributed by atoms with Gasteiger partial charge in [-0.1, -0.05) is 62.4 Å². The Balaban J connectivity index is 1.63. The van der Waals surface area contributed by atoms with Gasteiger partial charge in [-0.25, -0.2) is 14.3 Å². The lowest BCUT2D eigenvalue weighted by atomic mass is 10.1. The molecule has 2 atom stereocenters. The number of anilines is 1. The van der Waals surface area contributed by atoms with E-state index in [1.807, 2.05) is 36.4 Å². The van der Waals surface area contributed by atoms with E-state index in [0.717, 1.165) is 5.56 Å². The number of alkyl carbamates (subject to hydrolysis) is 1. The number of carbonyl (C=O) groups is 3. The molecule has 3 rings (SSSR count). The van der Waals surface area contributed by atoms with E-state index in [4.69, 9.17) is 9.47 Å². The third-order valence-electron chi connectivity index (χ3n) is 5.87. The maximum Gasteiger partial charge on any atom is 0.408 e. The predicted molar refractivity (Wildman–Crippen MR) is 138 cm³/mol. The monoisotopic (exact) mass is 508 g/mol. The number of amides is 2. The van der Waals surface area contributed by atoms with Crippen LogP contribution in [-0.2, 0) is 32.7 Å². The number of esters is 1. The molecule has 0 bridgehead atoms. The minimum Gasteiger partial charge on any atom is -0.451 e. The number of carbonyl (C=O) groups excluding carboxylic acids is 3. The predicted octanol–water partition coefficient (Wildman–Crippen LogP) is 3.31. The summed E-state index contributed by atoms with van der Waals surface area (Å²) in [6.07, 6.45) is -2.00. The van der Waals surface area contributed by atoms with Crippen LogP contribution in [0.15, 0.2) is 65.5 Å². The molecular formula is C27H32N4O6. The van der Waals surface area contributed by atoms with Crippen molar-refractivity contribution >= 4 is 23.7 Å². The number of rotatable bonds is 9. The first-order valence-corrected chi connectivity index (χ1v) is 11.9. The zero-order valence-electron chi connectivity index (χ0n) is 21.6. The molecule has 0 saturated heterocycles. The SMILES string of the molecule is Cc1c(NC(=O)[C@H](C)OC(=O)[C@@H](NC(=O)OCc2ccccc2)C(C)C)c(=O)n(-c2ccccc2)n1C. The molecule has 0 aliphatic carbocycles. The van der Waals surface area contributed by atoms with Gasteiger partial charge in [0.1, 0.15) is 18.3 Å². The summed E-state index contributed by atoms with van der Waals surface area (Å²) < 4.78 is 13.6. The first-order valence-electron chi connectivity index (χ1n) is 11.9. The Morgan fingerprint density at radius 1 is 0.946 bits per heavy atom. The van der Waals surface area contributed by atoms with Gasteiger partial charge in [-0.05, 0) is 37.5 Å². The average molecular weight is 509 g/mol. The first kappa shape index (κ1) is 27.3. The second-order valence-corrected chi connectivity index (χ2v) is 8.93. The maximum atomic E-state index is 13.0. The van der Waals surface area contributed by atoms with E-state index in [-0.39, 0.29) is 18.2 Å². The Labute approximate surface area is 215 Å². The second kappa shape index (κ2) is 12.1. The lowest BCUT2D eigenvalue weighted by molar-refractivity contribution is -0.156. The van der Waals surface area contributed by atoms with Gasteiger partial charge in [-0.15, -0.1) is 0 Å². The van der Waals surface area contributed by atoms with Crippen LogP contribution < -0.4 is 16.2 Å². The van der Waals surface area contributed by atoms with Crippen molar-refractivity contribution in [1.29, 1.82) is 0 Å². The fourth-order valence-electron chi connectivity index (χ4n) is 3.63. The van der Waals surface area contributed by atoms with E-state index >= 15 is 0 Å². The van der Waals surface area contributed by atoms with E-state index < -0.39 is 35.7 Å². The minimum absolute atomic E-state index is 0.0439. The van der Waals surface area contributed by atoms with Gasteiger partial charge in [0.25, 0.3) is 11.5 Å². The standard InChI is InChI=1S/C27H32N4O6/c1-17(2)22(29-27(35)36-16-20-12-8-6-9-13-20)26(34)37-19(4)24(32)28-23-18(3)30(5)31(25(23)33)21-14-10-7-11-15-21/h6-15,17,19,22H,16H2,1-5H3,(H,28,32)(H,29,35)/t19-,22-/m0/s1. The molecule has 2 N–H and O–H groups in total. The van der Waals surface area contributed by atoms with Crippen LogP contribution in [0.1, 0.15) is 32.0 Å². The van der Waals surface area contributed by atoms with Crippen LogP contribution in [0.5, 0.6) is 0 Å². The zero-order chi connectivity index (χ0) is 27.1. The van der Waals surface area contributed by atoms with Gasteiger partial charge in [-0.2, -0.15) is 0 Å². The molecule has 0 radical (unpaired) electrons. The van der Waals surface area contributed by atoms with E-state index in [1.54, 1.807) is 56.8 Å². The van der Waals surface area contributed by atoms with Crippen molar-refractivity contribution in [3.8, 4) is 5.69 Å². The van der Waals surface area contributed by atoms with E-state index in [2.05, 4.69) is 10.6 Å². The zero-order valence-corrected chi connectivity index (χ0v) is 21.6. The highest BCUT2D eigenvalue weighted by molar-refractivity contribution is 5.96.